The van der Waals surface area contributed by atoms with Gasteiger partial charge >= 0.3 is 0 Å². The summed E-state index contributed by atoms with van der Waals surface area (Å²) in [6.07, 6.45) is 0.552. The van der Waals surface area contributed by atoms with E-state index in [4.69, 9.17) is 18.9 Å². The van der Waals surface area contributed by atoms with Crippen molar-refractivity contribution in [2.45, 2.75) is 12.3 Å². The van der Waals surface area contributed by atoms with Crippen molar-refractivity contribution < 1.29 is 18.9 Å². The van der Waals surface area contributed by atoms with Gasteiger partial charge in [0.1, 0.15) is 24.7 Å². The lowest BCUT2D eigenvalue weighted by Crippen LogP contribution is -2.15. The number of hydrogen-bond acceptors (Lipinski definition) is 5. The Labute approximate surface area is 141 Å². The number of fused-ring (bicyclic) bond motifs is 1. The first-order valence-corrected chi connectivity index (χ1v) is 7.75. The van der Waals surface area contributed by atoms with Crippen molar-refractivity contribution in [2.24, 2.45) is 0 Å². The normalized spacial score (nSPS) is 13.7. The highest BCUT2D eigenvalue weighted by Crippen LogP contribution is 2.35. The number of nitrogens with zero attached hydrogens (tertiary/aromatic N) is 1. The van der Waals surface area contributed by atoms with Gasteiger partial charge in [-0.05, 0) is 42.3 Å². The average Bonchev–Trinajstić information content (AvgIpc) is 2.65. The molecule has 5 heteroatoms. The molecule has 24 heavy (non-hydrogen) atoms. The Morgan fingerprint density at radius 1 is 1.04 bits per heavy atom. The molecule has 3 rings (SSSR count). The molecule has 0 aromatic heterocycles. The Kier molecular flexibility index (Phi) is 4.76. The van der Waals surface area contributed by atoms with Gasteiger partial charge in [0.2, 0.25) is 0 Å². The van der Waals surface area contributed by atoms with E-state index in [1.54, 1.807) is 14.2 Å². The summed E-state index contributed by atoms with van der Waals surface area (Å²) in [5.74, 6) is 2.51. The zero-order valence-electron chi connectivity index (χ0n) is 13.7. The predicted molar refractivity (Wildman–Crippen MR) is 89.0 cm³/mol. The maximum absolute atomic E-state index is 9.66. The molecule has 0 N–H and O–H groups in total. The van der Waals surface area contributed by atoms with Gasteiger partial charge in [-0.2, -0.15) is 5.26 Å². The van der Waals surface area contributed by atoms with E-state index in [0.29, 0.717) is 31.1 Å². The number of nitriles is 1. The van der Waals surface area contributed by atoms with Crippen LogP contribution >= 0.6 is 0 Å². The molecule has 2 aromatic carbocycles. The molecule has 124 valence electrons. The number of hydrogen-bond donors (Lipinski definition) is 0. The number of rotatable bonds is 5. The molecule has 2 aromatic rings. The zero-order valence-corrected chi connectivity index (χ0v) is 13.7. The molecule has 0 aliphatic carbocycles. The van der Waals surface area contributed by atoms with Gasteiger partial charge in [-0.25, -0.2) is 0 Å². The fourth-order valence-electron chi connectivity index (χ4n) is 2.79. The summed E-state index contributed by atoms with van der Waals surface area (Å²) in [6.45, 7) is 1.11. The Hall–Kier alpha value is -2.87. The standard InChI is InChI=1S/C19H19NO4/c1-21-15-4-6-17(22-2)16(11-15)14(12-20)9-13-3-5-18-19(10-13)24-8-7-23-18/h3-6,10-11,14H,7-9H2,1-2H3. The highest BCUT2D eigenvalue weighted by Gasteiger charge is 2.19. The lowest BCUT2D eigenvalue weighted by Gasteiger charge is -2.20. The minimum atomic E-state index is -0.349. The van der Waals surface area contributed by atoms with Gasteiger partial charge in [-0.1, -0.05) is 6.07 Å². The molecule has 0 spiro atoms. The largest absolute Gasteiger partial charge is 0.497 e. The van der Waals surface area contributed by atoms with Gasteiger partial charge in [0.05, 0.1) is 26.2 Å². The molecule has 0 saturated carbocycles. The molecule has 0 bridgehead atoms. The minimum absolute atomic E-state index is 0.349. The van der Waals surface area contributed by atoms with Crippen molar-refractivity contribution in [1.29, 1.82) is 5.26 Å². The van der Waals surface area contributed by atoms with Crippen LogP contribution in [0.4, 0.5) is 0 Å². The lowest BCUT2D eigenvalue weighted by molar-refractivity contribution is 0.171. The van der Waals surface area contributed by atoms with Crippen molar-refractivity contribution in [2.75, 3.05) is 27.4 Å². The molecule has 0 amide bonds. The highest BCUT2D eigenvalue weighted by atomic mass is 16.6. The topological polar surface area (TPSA) is 60.7 Å². The summed E-state index contributed by atoms with van der Waals surface area (Å²) >= 11 is 0. The SMILES string of the molecule is COc1ccc(OC)c(C(C#N)Cc2ccc3c(c2)OCCO3)c1. The Bertz CT molecular complexity index is 766. The molecule has 1 aliphatic heterocycles. The van der Waals surface area contributed by atoms with E-state index in [9.17, 15) is 5.26 Å². The first-order valence-electron chi connectivity index (χ1n) is 7.75. The highest BCUT2D eigenvalue weighted by molar-refractivity contribution is 5.47. The van der Waals surface area contributed by atoms with Crippen LogP contribution in [-0.2, 0) is 6.42 Å². The third-order valence-corrected chi connectivity index (χ3v) is 4.01. The third kappa shape index (κ3) is 3.23. The quantitative estimate of drug-likeness (QED) is 0.844. The predicted octanol–water partition coefficient (Wildman–Crippen LogP) is 3.32. The van der Waals surface area contributed by atoms with E-state index in [-0.39, 0.29) is 5.92 Å². The fraction of sp³-hybridized carbons (Fsp3) is 0.316. The summed E-state index contributed by atoms with van der Waals surface area (Å²) in [7, 11) is 3.21. The Balaban J connectivity index is 1.89. The molecule has 0 fully saturated rings. The Morgan fingerprint density at radius 3 is 2.54 bits per heavy atom. The van der Waals surface area contributed by atoms with Crippen molar-refractivity contribution >= 4 is 0 Å². The third-order valence-electron chi connectivity index (χ3n) is 4.01. The maximum Gasteiger partial charge on any atom is 0.161 e. The molecular weight excluding hydrogens is 306 g/mol. The second kappa shape index (κ2) is 7.14. The minimum Gasteiger partial charge on any atom is -0.497 e. The van der Waals surface area contributed by atoms with Crippen molar-refractivity contribution in [3.05, 3.63) is 47.5 Å². The van der Waals surface area contributed by atoms with Crippen molar-refractivity contribution in [3.63, 3.8) is 0 Å². The van der Waals surface area contributed by atoms with Gasteiger partial charge < -0.3 is 18.9 Å². The van der Waals surface area contributed by atoms with Gasteiger partial charge in [0.25, 0.3) is 0 Å². The van der Waals surface area contributed by atoms with Crippen molar-refractivity contribution in [1.82, 2.24) is 0 Å². The van der Waals surface area contributed by atoms with Crippen LogP contribution in [0.1, 0.15) is 17.0 Å². The van der Waals surface area contributed by atoms with Gasteiger partial charge in [-0.3, -0.25) is 0 Å². The molecule has 5 nitrogen and oxygen atoms in total. The van der Waals surface area contributed by atoms with Crippen LogP contribution < -0.4 is 18.9 Å². The summed E-state index contributed by atoms with van der Waals surface area (Å²) in [4.78, 5) is 0. The van der Waals surface area contributed by atoms with E-state index in [2.05, 4.69) is 6.07 Å². The van der Waals surface area contributed by atoms with Crippen LogP contribution in [0, 0.1) is 11.3 Å². The fourth-order valence-corrected chi connectivity index (χ4v) is 2.79. The van der Waals surface area contributed by atoms with E-state index in [0.717, 1.165) is 22.6 Å². The number of methoxy groups -OCH3 is 2. The van der Waals surface area contributed by atoms with Crippen LogP contribution in [0.15, 0.2) is 36.4 Å². The van der Waals surface area contributed by atoms with Gasteiger partial charge in [0, 0.05) is 5.56 Å². The monoisotopic (exact) mass is 325 g/mol. The van der Waals surface area contributed by atoms with E-state index >= 15 is 0 Å². The van der Waals surface area contributed by atoms with Crippen LogP contribution in [-0.4, -0.2) is 27.4 Å². The van der Waals surface area contributed by atoms with Gasteiger partial charge in [-0.15, -0.1) is 0 Å². The zero-order chi connectivity index (χ0) is 16.9. The summed E-state index contributed by atoms with van der Waals surface area (Å²) < 4.78 is 21.8. The molecule has 1 heterocycles. The average molecular weight is 325 g/mol. The molecule has 1 aliphatic rings. The smallest absolute Gasteiger partial charge is 0.161 e. The van der Waals surface area contributed by atoms with Crippen LogP contribution in [0.25, 0.3) is 0 Å². The van der Waals surface area contributed by atoms with Gasteiger partial charge in [0.15, 0.2) is 11.5 Å². The second-order valence-corrected chi connectivity index (χ2v) is 5.47. The molecule has 0 saturated heterocycles. The van der Waals surface area contributed by atoms with Crippen LogP contribution in [0.5, 0.6) is 23.0 Å². The Morgan fingerprint density at radius 2 is 1.83 bits per heavy atom. The summed E-state index contributed by atoms with van der Waals surface area (Å²) in [6, 6.07) is 13.6. The van der Waals surface area contributed by atoms with Crippen molar-refractivity contribution in [3.8, 4) is 29.1 Å². The molecule has 0 radical (unpaired) electrons. The van der Waals surface area contributed by atoms with Crippen LogP contribution in [0.3, 0.4) is 0 Å². The van der Waals surface area contributed by atoms with E-state index in [1.165, 1.54) is 0 Å². The first-order chi connectivity index (χ1) is 11.7. The summed E-state index contributed by atoms with van der Waals surface area (Å²) in [5, 5.41) is 9.66. The summed E-state index contributed by atoms with van der Waals surface area (Å²) in [5.41, 5.74) is 1.82. The van der Waals surface area contributed by atoms with Crippen LogP contribution in [0.2, 0.25) is 0 Å². The number of ether oxygens (including phenoxy) is 4. The lowest BCUT2D eigenvalue weighted by atomic mass is 9.92. The first kappa shape index (κ1) is 16.0. The second-order valence-electron chi connectivity index (χ2n) is 5.47. The van der Waals surface area contributed by atoms with E-state index in [1.807, 2.05) is 36.4 Å². The molecule has 1 unspecified atom stereocenters. The number of benzene rings is 2. The molecular formula is C19H19NO4. The molecule has 1 atom stereocenters. The maximum atomic E-state index is 9.66. The van der Waals surface area contributed by atoms with E-state index < -0.39 is 0 Å².